The number of amides is 1. The van der Waals surface area contributed by atoms with Crippen LogP contribution in [0.25, 0.3) is 10.2 Å². The van der Waals surface area contributed by atoms with Gasteiger partial charge >= 0.3 is 0 Å². The first-order valence-electron chi connectivity index (χ1n) is 9.47. The highest BCUT2D eigenvalue weighted by atomic mass is 32.1. The molecule has 0 unspecified atom stereocenters. The van der Waals surface area contributed by atoms with Crippen LogP contribution in [0.3, 0.4) is 0 Å². The molecule has 6 heteroatoms. The van der Waals surface area contributed by atoms with E-state index < -0.39 is 0 Å². The van der Waals surface area contributed by atoms with Gasteiger partial charge in [0, 0.05) is 10.6 Å². The smallest absolute Gasteiger partial charge is 0.262 e. The lowest BCUT2D eigenvalue weighted by atomic mass is 9.97. The van der Waals surface area contributed by atoms with Crippen molar-refractivity contribution in [1.29, 1.82) is 0 Å². The van der Waals surface area contributed by atoms with Crippen molar-refractivity contribution in [2.45, 2.75) is 52.0 Å². The van der Waals surface area contributed by atoms with Crippen LogP contribution in [0, 0.1) is 0 Å². The molecule has 1 N–H and O–H groups in total. The SMILES string of the molecule is CC[C@H](C)c1ccccc1NC(=O)Cn1cnc2sc3c(c2c1=O)CCC3. The van der Waals surface area contributed by atoms with Gasteiger partial charge in [-0.1, -0.05) is 32.0 Å². The van der Waals surface area contributed by atoms with Crippen LogP contribution in [-0.4, -0.2) is 15.5 Å². The molecule has 0 spiro atoms. The molecule has 0 aliphatic heterocycles. The van der Waals surface area contributed by atoms with Gasteiger partial charge in [-0.3, -0.25) is 14.2 Å². The molecule has 3 aromatic rings. The molecule has 1 amide bonds. The van der Waals surface area contributed by atoms with Crippen LogP contribution in [0.5, 0.6) is 0 Å². The number of benzene rings is 1. The Morgan fingerprint density at radius 2 is 2.15 bits per heavy atom. The second-order valence-corrected chi connectivity index (χ2v) is 8.24. The summed E-state index contributed by atoms with van der Waals surface area (Å²) in [4.78, 5) is 32.0. The van der Waals surface area contributed by atoms with E-state index in [1.165, 1.54) is 15.8 Å². The molecule has 5 nitrogen and oxygen atoms in total. The van der Waals surface area contributed by atoms with Gasteiger partial charge < -0.3 is 5.32 Å². The molecule has 0 bridgehead atoms. The fourth-order valence-electron chi connectivity index (χ4n) is 3.74. The van der Waals surface area contributed by atoms with Gasteiger partial charge in [0.2, 0.25) is 5.91 Å². The van der Waals surface area contributed by atoms with Crippen LogP contribution in [0.1, 0.15) is 48.6 Å². The third kappa shape index (κ3) is 3.30. The maximum absolute atomic E-state index is 12.9. The molecule has 0 saturated heterocycles. The molecule has 27 heavy (non-hydrogen) atoms. The molecule has 1 aliphatic carbocycles. The quantitative estimate of drug-likeness (QED) is 0.724. The molecule has 1 aliphatic rings. The lowest BCUT2D eigenvalue weighted by Crippen LogP contribution is -2.28. The summed E-state index contributed by atoms with van der Waals surface area (Å²) in [5, 5.41) is 3.68. The lowest BCUT2D eigenvalue weighted by Gasteiger charge is -2.16. The van der Waals surface area contributed by atoms with E-state index in [2.05, 4.69) is 24.1 Å². The van der Waals surface area contributed by atoms with Gasteiger partial charge in [0.05, 0.1) is 11.7 Å². The third-order valence-corrected chi connectivity index (χ3v) is 6.58. The van der Waals surface area contributed by atoms with E-state index in [4.69, 9.17) is 0 Å². The number of anilines is 1. The van der Waals surface area contributed by atoms with Crippen LogP contribution < -0.4 is 10.9 Å². The van der Waals surface area contributed by atoms with Crippen LogP contribution in [0.15, 0.2) is 35.4 Å². The summed E-state index contributed by atoms with van der Waals surface area (Å²) in [7, 11) is 0. The fourth-order valence-corrected chi connectivity index (χ4v) is 4.96. The zero-order chi connectivity index (χ0) is 19.0. The Hall–Kier alpha value is -2.47. The highest BCUT2D eigenvalue weighted by molar-refractivity contribution is 7.18. The Labute approximate surface area is 162 Å². The van der Waals surface area contributed by atoms with Gasteiger partial charge in [0.15, 0.2) is 0 Å². The summed E-state index contributed by atoms with van der Waals surface area (Å²) in [6.07, 6.45) is 5.55. The summed E-state index contributed by atoms with van der Waals surface area (Å²) in [5.74, 6) is 0.150. The van der Waals surface area contributed by atoms with Crippen molar-refractivity contribution in [3.05, 3.63) is 57.0 Å². The van der Waals surface area contributed by atoms with Crippen molar-refractivity contribution in [2.75, 3.05) is 5.32 Å². The molecule has 2 heterocycles. The van der Waals surface area contributed by atoms with E-state index >= 15 is 0 Å². The first-order chi connectivity index (χ1) is 13.1. The number of rotatable bonds is 5. The third-order valence-electron chi connectivity index (χ3n) is 5.38. The molecule has 140 valence electrons. The van der Waals surface area contributed by atoms with Crippen molar-refractivity contribution in [2.24, 2.45) is 0 Å². The van der Waals surface area contributed by atoms with Gasteiger partial charge in [0.1, 0.15) is 11.4 Å². The molecule has 2 aromatic heterocycles. The Balaban J connectivity index is 1.59. The molecule has 0 radical (unpaired) electrons. The summed E-state index contributed by atoms with van der Waals surface area (Å²) in [5.41, 5.74) is 2.97. The number of hydrogen-bond donors (Lipinski definition) is 1. The van der Waals surface area contributed by atoms with Crippen molar-refractivity contribution < 1.29 is 4.79 Å². The molecule has 0 fully saturated rings. The Bertz CT molecular complexity index is 1070. The van der Waals surface area contributed by atoms with Crippen molar-refractivity contribution in [3.63, 3.8) is 0 Å². The summed E-state index contributed by atoms with van der Waals surface area (Å²) >= 11 is 1.61. The maximum atomic E-state index is 12.9. The number of hydrogen-bond acceptors (Lipinski definition) is 4. The van der Waals surface area contributed by atoms with E-state index in [1.54, 1.807) is 11.3 Å². The number of nitrogens with zero attached hydrogens (tertiary/aromatic N) is 2. The minimum Gasteiger partial charge on any atom is -0.324 e. The predicted molar refractivity (Wildman–Crippen MR) is 110 cm³/mol. The highest BCUT2D eigenvalue weighted by Gasteiger charge is 2.21. The summed E-state index contributed by atoms with van der Waals surface area (Å²) in [6, 6.07) is 7.85. The van der Waals surface area contributed by atoms with Crippen LogP contribution in [-0.2, 0) is 24.2 Å². The van der Waals surface area contributed by atoms with Crippen LogP contribution >= 0.6 is 11.3 Å². The largest absolute Gasteiger partial charge is 0.324 e. The molecule has 1 aromatic carbocycles. The number of aromatic nitrogens is 2. The summed E-state index contributed by atoms with van der Waals surface area (Å²) in [6.45, 7) is 4.24. The highest BCUT2D eigenvalue weighted by Crippen LogP contribution is 2.34. The van der Waals surface area contributed by atoms with Crippen LogP contribution in [0.2, 0.25) is 0 Å². The minimum absolute atomic E-state index is 0.0266. The number of carbonyl (C=O) groups excluding carboxylic acids is 1. The monoisotopic (exact) mass is 381 g/mol. The van der Waals surface area contributed by atoms with Crippen LogP contribution in [0.4, 0.5) is 5.69 Å². The van der Waals surface area contributed by atoms with E-state index in [0.717, 1.165) is 47.3 Å². The number of nitrogens with one attached hydrogen (secondary N) is 1. The lowest BCUT2D eigenvalue weighted by molar-refractivity contribution is -0.116. The average molecular weight is 382 g/mol. The normalized spacial score (nSPS) is 14.3. The first kappa shape index (κ1) is 17.9. The summed E-state index contributed by atoms with van der Waals surface area (Å²) < 4.78 is 1.43. The maximum Gasteiger partial charge on any atom is 0.262 e. The van der Waals surface area contributed by atoms with Gasteiger partial charge in [-0.25, -0.2) is 4.98 Å². The van der Waals surface area contributed by atoms with E-state index in [1.807, 2.05) is 24.3 Å². The minimum atomic E-state index is -0.208. The number of thiophene rings is 1. The van der Waals surface area contributed by atoms with Crippen molar-refractivity contribution in [3.8, 4) is 0 Å². The van der Waals surface area contributed by atoms with Crippen molar-refractivity contribution in [1.82, 2.24) is 9.55 Å². The average Bonchev–Trinajstić information content (AvgIpc) is 3.25. The zero-order valence-electron chi connectivity index (χ0n) is 15.6. The van der Waals surface area contributed by atoms with Gasteiger partial charge in [0.25, 0.3) is 5.56 Å². The van der Waals surface area contributed by atoms with E-state index in [9.17, 15) is 9.59 Å². The first-order valence-corrected chi connectivity index (χ1v) is 10.3. The van der Waals surface area contributed by atoms with Crippen molar-refractivity contribution >= 4 is 33.1 Å². The molecular weight excluding hydrogens is 358 g/mol. The zero-order valence-corrected chi connectivity index (χ0v) is 16.4. The fraction of sp³-hybridized carbons (Fsp3) is 0.381. The Morgan fingerprint density at radius 3 is 2.96 bits per heavy atom. The Kier molecular flexibility index (Phi) is 4.83. The number of para-hydroxylation sites is 1. The van der Waals surface area contributed by atoms with E-state index in [-0.39, 0.29) is 18.0 Å². The second kappa shape index (κ2) is 7.27. The predicted octanol–water partition coefficient (Wildman–Crippen LogP) is 4.10. The van der Waals surface area contributed by atoms with Gasteiger partial charge in [-0.05, 0) is 48.8 Å². The topological polar surface area (TPSA) is 64.0 Å². The molecule has 0 saturated carbocycles. The number of carbonyl (C=O) groups is 1. The van der Waals surface area contributed by atoms with Gasteiger partial charge in [-0.2, -0.15) is 0 Å². The number of fused-ring (bicyclic) bond motifs is 3. The molecular formula is C21H23N3O2S. The number of aryl methyl sites for hydroxylation is 2. The van der Waals surface area contributed by atoms with Gasteiger partial charge in [-0.15, -0.1) is 11.3 Å². The second-order valence-electron chi connectivity index (χ2n) is 7.16. The Morgan fingerprint density at radius 1 is 1.33 bits per heavy atom. The molecule has 4 rings (SSSR count). The van der Waals surface area contributed by atoms with E-state index in [0.29, 0.717) is 11.3 Å². The molecule has 1 atom stereocenters. The standard InChI is InChI=1S/C21H23N3O2S/c1-3-13(2)14-7-4-5-9-16(14)23-18(25)11-24-12-22-20-19(21(24)26)15-8-6-10-17(15)27-20/h4-5,7,9,12-13H,3,6,8,10-11H2,1-2H3,(H,23,25)/t13-/m0/s1.